The zero-order chi connectivity index (χ0) is 14.8. The largest absolute Gasteiger partial charge is 0.508 e. The third-order valence-corrected chi connectivity index (χ3v) is 4.75. The normalized spacial score (nSPS) is 27.7. The summed E-state index contributed by atoms with van der Waals surface area (Å²) < 4.78 is 0. The van der Waals surface area contributed by atoms with Crippen LogP contribution in [0.1, 0.15) is 38.2 Å². The van der Waals surface area contributed by atoms with Crippen LogP contribution in [-0.4, -0.2) is 11.0 Å². The Morgan fingerprint density at radius 2 is 1.76 bits per heavy atom. The summed E-state index contributed by atoms with van der Waals surface area (Å²) in [6.07, 6.45) is 6.86. The van der Waals surface area contributed by atoms with Gasteiger partial charge in [-0.15, -0.1) is 0 Å². The molecule has 21 heavy (non-hydrogen) atoms. The van der Waals surface area contributed by atoms with Crippen LogP contribution in [0.5, 0.6) is 5.75 Å². The molecule has 0 saturated heterocycles. The molecule has 1 amide bonds. The summed E-state index contributed by atoms with van der Waals surface area (Å²) in [5, 5.41) is 9.32. The van der Waals surface area contributed by atoms with Crippen molar-refractivity contribution in [2.45, 2.75) is 32.6 Å². The molecule has 112 valence electrons. The first-order valence-corrected chi connectivity index (χ1v) is 7.72. The maximum absolute atomic E-state index is 12.2. The zero-order valence-corrected chi connectivity index (χ0v) is 12.3. The van der Waals surface area contributed by atoms with Crippen molar-refractivity contribution in [1.29, 1.82) is 0 Å². The molecule has 0 aliphatic heterocycles. The number of nitrogens with one attached hydrogen (secondary N) is 2. The second-order valence-corrected chi connectivity index (χ2v) is 6.00. The fraction of sp³-hybridized carbons (Fsp3) is 0.471. The minimum absolute atomic E-state index is 0.116. The molecule has 1 aromatic rings. The van der Waals surface area contributed by atoms with Crippen LogP contribution >= 0.6 is 0 Å². The van der Waals surface area contributed by atoms with Crippen LogP contribution in [0.2, 0.25) is 0 Å². The number of aromatic hydroxyl groups is 1. The van der Waals surface area contributed by atoms with Gasteiger partial charge in [0.15, 0.2) is 0 Å². The summed E-state index contributed by atoms with van der Waals surface area (Å²) in [6.45, 7) is 1.91. The van der Waals surface area contributed by atoms with E-state index in [1.54, 1.807) is 12.1 Å². The van der Waals surface area contributed by atoms with Crippen molar-refractivity contribution < 1.29 is 9.90 Å². The molecule has 2 fully saturated rings. The Morgan fingerprint density at radius 3 is 2.33 bits per heavy atom. The van der Waals surface area contributed by atoms with Crippen molar-refractivity contribution >= 4 is 11.6 Å². The van der Waals surface area contributed by atoms with Gasteiger partial charge in [0.05, 0.1) is 5.70 Å². The molecule has 2 aliphatic carbocycles. The zero-order valence-electron chi connectivity index (χ0n) is 12.3. The Kier molecular flexibility index (Phi) is 3.86. The standard InChI is InChI=1S/C17H22N2O2/c1-2-15(11-7-9-12(20)10-8-11)18-19-17(21)16-13-5-3-4-6-14(13)16/h2,7-10,13-14,16,18,20H,3-6H2,1H3,(H,19,21)/b15-2-/t13-,14+,16?. The number of hydrogen-bond donors (Lipinski definition) is 3. The van der Waals surface area contributed by atoms with Crippen LogP contribution < -0.4 is 10.9 Å². The van der Waals surface area contributed by atoms with E-state index in [9.17, 15) is 9.90 Å². The van der Waals surface area contributed by atoms with Crippen LogP contribution in [0.4, 0.5) is 0 Å². The Morgan fingerprint density at radius 1 is 1.14 bits per heavy atom. The Balaban J connectivity index is 1.56. The highest BCUT2D eigenvalue weighted by molar-refractivity contribution is 5.83. The molecule has 0 aromatic heterocycles. The van der Waals surface area contributed by atoms with Crippen LogP contribution in [0, 0.1) is 17.8 Å². The van der Waals surface area contributed by atoms with Crippen molar-refractivity contribution in [3.63, 3.8) is 0 Å². The summed E-state index contributed by atoms with van der Waals surface area (Å²) in [6, 6.07) is 6.91. The molecule has 4 heteroatoms. The van der Waals surface area contributed by atoms with E-state index < -0.39 is 0 Å². The molecule has 0 spiro atoms. The summed E-state index contributed by atoms with van der Waals surface area (Å²) in [7, 11) is 0. The average molecular weight is 286 g/mol. The van der Waals surface area contributed by atoms with Gasteiger partial charge in [0.25, 0.3) is 0 Å². The first-order valence-electron chi connectivity index (χ1n) is 7.72. The molecule has 0 heterocycles. The highest BCUT2D eigenvalue weighted by Crippen LogP contribution is 2.55. The molecule has 2 aliphatic rings. The van der Waals surface area contributed by atoms with Gasteiger partial charge < -0.3 is 5.11 Å². The number of rotatable bonds is 4. The van der Waals surface area contributed by atoms with Crippen molar-refractivity contribution in [1.82, 2.24) is 10.9 Å². The van der Waals surface area contributed by atoms with Crippen molar-refractivity contribution in [3.8, 4) is 5.75 Å². The number of carbonyl (C=O) groups is 1. The van der Waals surface area contributed by atoms with Crippen molar-refractivity contribution in [3.05, 3.63) is 35.9 Å². The average Bonchev–Trinajstić information content (AvgIpc) is 3.24. The molecule has 3 N–H and O–H groups in total. The quantitative estimate of drug-likeness (QED) is 0.746. The molecule has 1 aromatic carbocycles. The fourth-order valence-electron chi connectivity index (χ4n) is 3.55. The van der Waals surface area contributed by atoms with Crippen LogP contribution in [0.3, 0.4) is 0 Å². The van der Waals surface area contributed by atoms with E-state index in [1.807, 2.05) is 25.1 Å². The molecular weight excluding hydrogens is 264 g/mol. The Bertz CT molecular complexity index is 538. The maximum atomic E-state index is 12.2. The topological polar surface area (TPSA) is 61.4 Å². The minimum atomic E-state index is 0.116. The maximum Gasteiger partial charge on any atom is 0.241 e. The number of phenols is 1. The van der Waals surface area contributed by atoms with Gasteiger partial charge in [0.2, 0.25) is 5.91 Å². The van der Waals surface area contributed by atoms with E-state index in [0.717, 1.165) is 11.3 Å². The van der Waals surface area contributed by atoms with E-state index in [-0.39, 0.29) is 17.6 Å². The van der Waals surface area contributed by atoms with Gasteiger partial charge in [-0.25, -0.2) is 0 Å². The number of hydrazine groups is 1. The number of fused-ring (bicyclic) bond motifs is 1. The molecular formula is C17H22N2O2. The number of carbonyl (C=O) groups excluding carboxylic acids is 1. The van der Waals surface area contributed by atoms with E-state index >= 15 is 0 Å². The second-order valence-electron chi connectivity index (χ2n) is 6.00. The van der Waals surface area contributed by atoms with E-state index in [0.29, 0.717) is 11.8 Å². The van der Waals surface area contributed by atoms with Crippen molar-refractivity contribution in [2.75, 3.05) is 0 Å². The molecule has 4 nitrogen and oxygen atoms in total. The Labute approximate surface area is 125 Å². The lowest BCUT2D eigenvalue weighted by atomic mass is 10.0. The first kappa shape index (κ1) is 14.0. The third kappa shape index (κ3) is 2.89. The Hall–Kier alpha value is -1.97. The fourth-order valence-corrected chi connectivity index (χ4v) is 3.55. The third-order valence-electron chi connectivity index (χ3n) is 4.75. The van der Waals surface area contributed by atoms with E-state index in [2.05, 4.69) is 10.9 Å². The van der Waals surface area contributed by atoms with E-state index in [1.165, 1.54) is 25.7 Å². The van der Waals surface area contributed by atoms with Crippen LogP contribution in [0.25, 0.3) is 5.70 Å². The molecule has 2 saturated carbocycles. The van der Waals surface area contributed by atoms with Crippen molar-refractivity contribution in [2.24, 2.45) is 17.8 Å². The highest BCUT2D eigenvalue weighted by atomic mass is 16.3. The van der Waals surface area contributed by atoms with Gasteiger partial charge in [0.1, 0.15) is 5.75 Å². The number of benzene rings is 1. The van der Waals surface area contributed by atoms with Gasteiger partial charge in [-0.1, -0.05) is 18.9 Å². The summed E-state index contributed by atoms with van der Waals surface area (Å²) >= 11 is 0. The van der Waals surface area contributed by atoms with Gasteiger partial charge in [-0.3, -0.25) is 15.6 Å². The summed E-state index contributed by atoms with van der Waals surface area (Å²) in [5.74, 6) is 1.79. The van der Waals surface area contributed by atoms with Gasteiger partial charge in [-0.2, -0.15) is 0 Å². The molecule has 0 bridgehead atoms. The SMILES string of the molecule is C/C=C(\NNC(=O)C1[C@H]2CCCC[C@@H]12)c1ccc(O)cc1. The first-order chi connectivity index (χ1) is 10.2. The number of phenolic OH excluding ortho intramolecular Hbond substituents is 1. The predicted molar refractivity (Wildman–Crippen MR) is 82.0 cm³/mol. The second kappa shape index (κ2) is 5.80. The number of amides is 1. The lowest BCUT2D eigenvalue weighted by Crippen LogP contribution is -2.37. The van der Waals surface area contributed by atoms with E-state index in [4.69, 9.17) is 0 Å². The van der Waals surface area contributed by atoms with Crippen LogP contribution in [-0.2, 0) is 4.79 Å². The van der Waals surface area contributed by atoms with Gasteiger partial charge in [-0.05, 0) is 61.4 Å². The monoisotopic (exact) mass is 286 g/mol. The van der Waals surface area contributed by atoms with Crippen LogP contribution in [0.15, 0.2) is 30.3 Å². The molecule has 3 rings (SSSR count). The van der Waals surface area contributed by atoms with Gasteiger partial charge in [0, 0.05) is 5.92 Å². The molecule has 1 unspecified atom stereocenters. The smallest absolute Gasteiger partial charge is 0.241 e. The molecule has 0 radical (unpaired) electrons. The number of hydrogen-bond acceptors (Lipinski definition) is 3. The highest BCUT2D eigenvalue weighted by Gasteiger charge is 2.54. The number of allylic oxidation sites excluding steroid dienone is 1. The lowest BCUT2D eigenvalue weighted by Gasteiger charge is -2.12. The van der Waals surface area contributed by atoms with Gasteiger partial charge >= 0.3 is 0 Å². The minimum Gasteiger partial charge on any atom is -0.508 e. The summed E-state index contributed by atoms with van der Waals surface area (Å²) in [4.78, 5) is 12.2. The lowest BCUT2D eigenvalue weighted by molar-refractivity contribution is -0.123. The predicted octanol–water partition coefficient (Wildman–Crippen LogP) is 2.81. The summed E-state index contributed by atoms with van der Waals surface area (Å²) in [5.41, 5.74) is 7.64. The molecule has 3 atom stereocenters.